The Morgan fingerprint density at radius 1 is 1.27 bits per heavy atom. The summed E-state index contributed by atoms with van der Waals surface area (Å²) in [6.45, 7) is 0.603. The molecule has 6 heteroatoms. The van der Waals surface area contributed by atoms with E-state index in [0.717, 1.165) is 22.5 Å². The van der Waals surface area contributed by atoms with Crippen LogP contribution in [0.15, 0.2) is 48.7 Å². The van der Waals surface area contributed by atoms with Crippen LogP contribution in [0.4, 0.5) is 15.8 Å². The molecule has 1 atom stereocenters. The van der Waals surface area contributed by atoms with Gasteiger partial charge in [0.25, 0.3) is 5.91 Å². The molecular weight excluding hydrogens is 331 g/mol. The minimum atomic E-state index is -0.688. The van der Waals surface area contributed by atoms with Gasteiger partial charge in [0.15, 0.2) is 0 Å². The summed E-state index contributed by atoms with van der Waals surface area (Å²) in [5.74, 6) is -0.279. The molecule has 0 saturated carbocycles. The summed E-state index contributed by atoms with van der Waals surface area (Å²) in [6.07, 6.45) is 3.75. The molecule has 5 nitrogen and oxygen atoms in total. The van der Waals surface area contributed by atoms with Gasteiger partial charge in [-0.15, -0.1) is 0 Å². The highest BCUT2D eigenvalue weighted by molar-refractivity contribution is 6.09. The number of anilines is 2. The first-order valence-electron chi connectivity index (χ1n) is 8.48. The zero-order chi connectivity index (χ0) is 18.3. The molecule has 2 heterocycles. The molecule has 1 saturated heterocycles. The van der Waals surface area contributed by atoms with Crippen molar-refractivity contribution < 1.29 is 9.18 Å². The molecule has 0 aliphatic carbocycles. The Kier molecular flexibility index (Phi) is 3.76. The normalized spacial score (nSPS) is 21.8. The van der Waals surface area contributed by atoms with Crippen LogP contribution in [0.25, 0.3) is 5.57 Å². The number of hydrogen-bond acceptors (Lipinski definition) is 4. The highest BCUT2D eigenvalue weighted by Gasteiger charge is 2.50. The van der Waals surface area contributed by atoms with Gasteiger partial charge in [-0.3, -0.25) is 4.79 Å². The first-order valence-corrected chi connectivity index (χ1v) is 8.48. The third-order valence-electron chi connectivity index (χ3n) is 5.20. The second-order valence-electron chi connectivity index (χ2n) is 6.71. The van der Waals surface area contributed by atoms with Gasteiger partial charge in [-0.25, -0.2) is 4.39 Å². The highest BCUT2D eigenvalue weighted by atomic mass is 19.1. The third kappa shape index (κ3) is 2.45. The molecule has 26 heavy (non-hydrogen) atoms. The number of allylic oxidation sites excluding steroid dienone is 1. The molecule has 0 bridgehead atoms. The van der Waals surface area contributed by atoms with E-state index in [2.05, 4.69) is 5.32 Å². The molecule has 1 amide bonds. The molecule has 1 fully saturated rings. The van der Waals surface area contributed by atoms with Gasteiger partial charge in [-0.05, 0) is 47.9 Å². The lowest BCUT2D eigenvalue weighted by Crippen LogP contribution is -2.45. The zero-order valence-electron chi connectivity index (χ0n) is 14.1. The molecule has 1 spiro atoms. The first-order chi connectivity index (χ1) is 12.6. The van der Waals surface area contributed by atoms with Crippen LogP contribution in [0.1, 0.15) is 17.5 Å². The quantitative estimate of drug-likeness (QED) is 0.745. The molecule has 0 aromatic heterocycles. The van der Waals surface area contributed by atoms with E-state index in [1.54, 1.807) is 11.0 Å². The molecule has 0 radical (unpaired) electrons. The Balaban J connectivity index is 1.58. The first kappa shape index (κ1) is 16.3. The summed E-state index contributed by atoms with van der Waals surface area (Å²) in [6, 6.07) is 12.0. The van der Waals surface area contributed by atoms with Gasteiger partial charge >= 0.3 is 0 Å². The summed E-state index contributed by atoms with van der Waals surface area (Å²) >= 11 is 0. The van der Waals surface area contributed by atoms with Crippen LogP contribution >= 0.6 is 0 Å². The number of rotatable bonds is 3. The van der Waals surface area contributed by atoms with Crippen molar-refractivity contribution in [3.8, 4) is 0 Å². The van der Waals surface area contributed by atoms with Crippen molar-refractivity contribution >= 4 is 29.1 Å². The van der Waals surface area contributed by atoms with E-state index in [1.165, 1.54) is 24.5 Å². The second kappa shape index (κ2) is 5.98. The number of carbonyl (C=O) groups excluding carboxylic acids is 1. The Labute approximate surface area is 150 Å². The number of halogens is 1. The second-order valence-corrected chi connectivity index (χ2v) is 6.71. The molecule has 132 valence electrons. The van der Waals surface area contributed by atoms with Crippen LogP contribution in [0.5, 0.6) is 0 Å². The van der Waals surface area contributed by atoms with Crippen LogP contribution in [-0.2, 0) is 11.2 Å². The molecular formula is C20H19FN4O. The van der Waals surface area contributed by atoms with Crippen molar-refractivity contribution in [2.24, 2.45) is 5.73 Å². The van der Waals surface area contributed by atoms with Crippen molar-refractivity contribution in [1.29, 1.82) is 5.41 Å². The van der Waals surface area contributed by atoms with Gasteiger partial charge in [0.05, 0.1) is 0 Å². The lowest BCUT2D eigenvalue weighted by Gasteiger charge is -2.24. The predicted molar refractivity (Wildman–Crippen MR) is 101 cm³/mol. The Bertz CT molecular complexity index is 922. The van der Waals surface area contributed by atoms with E-state index >= 15 is 0 Å². The van der Waals surface area contributed by atoms with E-state index in [-0.39, 0.29) is 11.7 Å². The molecule has 4 rings (SSSR count). The van der Waals surface area contributed by atoms with Gasteiger partial charge in [-0.1, -0.05) is 12.1 Å². The van der Waals surface area contributed by atoms with Crippen LogP contribution in [0.3, 0.4) is 0 Å². The lowest BCUT2D eigenvalue weighted by atomic mass is 9.93. The molecule has 2 aromatic carbocycles. The maximum Gasteiger partial charge on any atom is 0.253 e. The SMILES string of the molecule is N=CC(=CN)c1ccc(N2CCC3(Cc4cc(F)ccc4N3)C2=O)cc1. The standard InChI is InChI=1S/C20H19FN4O/c21-16-3-6-18-14(9-16)10-20(24-18)7-8-25(19(20)26)17-4-1-13(2-5-17)15(11-22)12-23/h1-6,9,11-12,22,24H,7-8,10,23H2. The minimum Gasteiger partial charge on any atom is -0.404 e. The fourth-order valence-corrected chi connectivity index (χ4v) is 3.81. The minimum absolute atomic E-state index is 0.00324. The van der Waals surface area contributed by atoms with E-state index in [4.69, 9.17) is 11.1 Å². The average molecular weight is 350 g/mol. The third-order valence-corrected chi connectivity index (χ3v) is 5.20. The lowest BCUT2D eigenvalue weighted by molar-refractivity contribution is -0.120. The number of nitrogens with two attached hydrogens (primary N) is 1. The van der Waals surface area contributed by atoms with Crippen molar-refractivity contribution in [2.75, 3.05) is 16.8 Å². The van der Waals surface area contributed by atoms with E-state index in [0.29, 0.717) is 25.0 Å². The van der Waals surface area contributed by atoms with Crippen molar-refractivity contribution in [3.05, 3.63) is 65.6 Å². The van der Waals surface area contributed by atoms with Crippen LogP contribution in [0, 0.1) is 11.2 Å². The topological polar surface area (TPSA) is 82.2 Å². The fraction of sp³-hybridized carbons (Fsp3) is 0.200. The predicted octanol–water partition coefficient (Wildman–Crippen LogP) is 2.92. The number of nitrogens with one attached hydrogen (secondary N) is 2. The van der Waals surface area contributed by atoms with E-state index in [9.17, 15) is 9.18 Å². The van der Waals surface area contributed by atoms with Gasteiger partial charge in [0.2, 0.25) is 0 Å². The summed E-state index contributed by atoms with van der Waals surface area (Å²) < 4.78 is 13.5. The number of nitrogens with zero attached hydrogens (tertiary/aromatic N) is 1. The maximum atomic E-state index is 13.5. The summed E-state index contributed by atoms with van der Waals surface area (Å²) in [7, 11) is 0. The molecule has 2 aromatic rings. The number of fused-ring (bicyclic) bond motifs is 1. The summed E-state index contributed by atoms with van der Waals surface area (Å²) in [4.78, 5) is 14.9. The molecule has 2 aliphatic rings. The molecule has 1 unspecified atom stereocenters. The van der Waals surface area contributed by atoms with Crippen molar-refractivity contribution in [2.45, 2.75) is 18.4 Å². The Morgan fingerprint density at radius 2 is 2.04 bits per heavy atom. The monoisotopic (exact) mass is 350 g/mol. The van der Waals surface area contributed by atoms with Crippen LogP contribution < -0.4 is 16.0 Å². The summed E-state index contributed by atoms with van der Waals surface area (Å²) in [5.41, 5.74) is 8.76. The van der Waals surface area contributed by atoms with Crippen LogP contribution in [0.2, 0.25) is 0 Å². The Morgan fingerprint density at radius 3 is 2.73 bits per heavy atom. The van der Waals surface area contributed by atoms with Gasteiger partial charge < -0.3 is 21.4 Å². The van der Waals surface area contributed by atoms with Crippen LogP contribution in [-0.4, -0.2) is 24.2 Å². The summed E-state index contributed by atoms with van der Waals surface area (Å²) in [5, 5.41) is 10.7. The average Bonchev–Trinajstić information content (AvgIpc) is 3.17. The Hall–Kier alpha value is -3.15. The number of hydrogen-bond donors (Lipinski definition) is 3. The van der Waals surface area contributed by atoms with Gasteiger partial charge in [0, 0.05) is 42.3 Å². The molecule has 2 aliphatic heterocycles. The largest absolute Gasteiger partial charge is 0.404 e. The molecule has 4 N–H and O–H groups in total. The maximum absolute atomic E-state index is 13.5. The number of carbonyl (C=O) groups is 1. The fourth-order valence-electron chi connectivity index (χ4n) is 3.81. The highest BCUT2D eigenvalue weighted by Crippen LogP contribution is 2.40. The van der Waals surface area contributed by atoms with Crippen molar-refractivity contribution in [1.82, 2.24) is 0 Å². The van der Waals surface area contributed by atoms with E-state index < -0.39 is 5.54 Å². The van der Waals surface area contributed by atoms with Gasteiger partial charge in [-0.2, -0.15) is 0 Å². The smallest absolute Gasteiger partial charge is 0.253 e. The zero-order valence-corrected chi connectivity index (χ0v) is 14.1. The van der Waals surface area contributed by atoms with E-state index in [1.807, 2.05) is 24.3 Å². The van der Waals surface area contributed by atoms with Crippen molar-refractivity contribution in [3.63, 3.8) is 0 Å². The number of amides is 1. The number of benzene rings is 2. The van der Waals surface area contributed by atoms with Gasteiger partial charge in [0.1, 0.15) is 11.4 Å².